The average molecular weight is 314 g/mol. The maximum absolute atomic E-state index is 12.5. The molecule has 1 aliphatic rings. The molecule has 6 nitrogen and oxygen atoms in total. The summed E-state index contributed by atoms with van der Waals surface area (Å²) in [6.07, 6.45) is 2.53. The first kappa shape index (κ1) is 16.5. The van der Waals surface area contributed by atoms with Gasteiger partial charge in [0.25, 0.3) is 0 Å². The maximum Gasteiger partial charge on any atom is 0.242 e. The van der Waals surface area contributed by atoms with Gasteiger partial charge in [-0.3, -0.25) is 0 Å². The number of rotatable bonds is 5. The van der Waals surface area contributed by atoms with E-state index in [9.17, 15) is 8.42 Å². The lowest BCUT2D eigenvalue weighted by atomic mass is 9.95. The lowest BCUT2D eigenvalue weighted by molar-refractivity contribution is 0.188. The molecule has 1 aromatic heterocycles. The van der Waals surface area contributed by atoms with Crippen molar-refractivity contribution in [3.05, 3.63) is 18.0 Å². The van der Waals surface area contributed by atoms with Crippen molar-refractivity contribution in [3.8, 4) is 0 Å². The number of nitrogens with one attached hydrogen (secondary N) is 2. The minimum Gasteiger partial charge on any atom is -0.352 e. The predicted octanol–water partition coefficient (Wildman–Crippen LogP) is 0.363. The fourth-order valence-electron chi connectivity index (χ4n) is 2.88. The van der Waals surface area contributed by atoms with Gasteiger partial charge in [0, 0.05) is 38.1 Å². The summed E-state index contributed by atoms with van der Waals surface area (Å²) in [5, 5.41) is 3.04. The second kappa shape index (κ2) is 6.48. The molecule has 2 atom stereocenters. The highest BCUT2D eigenvalue weighted by atomic mass is 32.2. The first-order valence-electron chi connectivity index (χ1n) is 7.34. The van der Waals surface area contributed by atoms with Gasteiger partial charge in [-0.15, -0.1) is 0 Å². The van der Waals surface area contributed by atoms with Gasteiger partial charge in [0.15, 0.2) is 0 Å². The Morgan fingerprint density at radius 2 is 2.10 bits per heavy atom. The van der Waals surface area contributed by atoms with E-state index in [1.165, 1.54) is 0 Å². The molecule has 7 heteroatoms. The van der Waals surface area contributed by atoms with Crippen molar-refractivity contribution >= 4 is 10.0 Å². The van der Waals surface area contributed by atoms with Gasteiger partial charge in [-0.05, 0) is 39.0 Å². The van der Waals surface area contributed by atoms with E-state index in [1.54, 1.807) is 12.3 Å². The third-order valence-electron chi connectivity index (χ3n) is 4.17. The monoisotopic (exact) mass is 314 g/mol. The first-order valence-corrected chi connectivity index (χ1v) is 8.82. The van der Waals surface area contributed by atoms with Crippen LogP contribution < -0.4 is 10.0 Å². The molecule has 0 aromatic carbocycles. The molecule has 1 fully saturated rings. The van der Waals surface area contributed by atoms with Crippen LogP contribution in [-0.2, 0) is 23.6 Å². The smallest absolute Gasteiger partial charge is 0.242 e. The molecular weight excluding hydrogens is 288 g/mol. The SMILES string of the molecule is CNCc1cc(S(=O)(=O)NC2CCN(C)CC2C)cn1C. The molecule has 2 rings (SSSR count). The van der Waals surface area contributed by atoms with Gasteiger partial charge in [0.1, 0.15) is 0 Å². The second-order valence-electron chi connectivity index (χ2n) is 6.06. The normalized spacial score (nSPS) is 24.4. The summed E-state index contributed by atoms with van der Waals surface area (Å²) >= 11 is 0. The number of sulfonamides is 1. The van der Waals surface area contributed by atoms with E-state index in [0.717, 1.165) is 25.2 Å². The summed E-state index contributed by atoms with van der Waals surface area (Å²) in [6.45, 7) is 4.60. The number of aromatic nitrogens is 1. The van der Waals surface area contributed by atoms with Crippen LogP contribution in [0.25, 0.3) is 0 Å². The lowest BCUT2D eigenvalue weighted by Gasteiger charge is -2.34. The summed E-state index contributed by atoms with van der Waals surface area (Å²) in [4.78, 5) is 2.59. The predicted molar refractivity (Wildman–Crippen MR) is 83.6 cm³/mol. The van der Waals surface area contributed by atoms with Gasteiger partial charge in [0.05, 0.1) is 4.90 Å². The van der Waals surface area contributed by atoms with Crippen LogP contribution in [0.15, 0.2) is 17.2 Å². The van der Waals surface area contributed by atoms with E-state index >= 15 is 0 Å². The Bertz CT molecular complexity index is 582. The Morgan fingerprint density at radius 1 is 1.38 bits per heavy atom. The highest BCUT2D eigenvalue weighted by molar-refractivity contribution is 7.89. The van der Waals surface area contributed by atoms with Crippen molar-refractivity contribution in [1.82, 2.24) is 19.5 Å². The van der Waals surface area contributed by atoms with E-state index in [4.69, 9.17) is 0 Å². The molecule has 0 bridgehead atoms. The van der Waals surface area contributed by atoms with Crippen LogP contribution in [0.1, 0.15) is 19.0 Å². The summed E-state index contributed by atoms with van der Waals surface area (Å²) in [5.74, 6) is 0.319. The van der Waals surface area contributed by atoms with E-state index in [1.807, 2.05) is 18.7 Å². The Morgan fingerprint density at radius 3 is 2.71 bits per heavy atom. The van der Waals surface area contributed by atoms with Crippen LogP contribution in [0.5, 0.6) is 0 Å². The standard InChI is InChI=1S/C14H26N4O2S/c1-11-9-17(3)6-5-14(11)16-21(19,20)13-7-12(8-15-2)18(4)10-13/h7,10-11,14-16H,5-6,8-9H2,1-4H3. The summed E-state index contributed by atoms with van der Waals surface area (Å²) in [7, 11) is 2.34. The Balaban J connectivity index is 2.13. The van der Waals surface area contributed by atoms with E-state index in [0.29, 0.717) is 17.4 Å². The molecular formula is C14H26N4O2S. The Hall–Kier alpha value is -0.890. The number of piperidine rings is 1. The molecule has 120 valence electrons. The van der Waals surface area contributed by atoms with Gasteiger partial charge in [-0.2, -0.15) is 0 Å². The zero-order chi connectivity index (χ0) is 15.6. The topological polar surface area (TPSA) is 66.4 Å². The summed E-state index contributed by atoms with van der Waals surface area (Å²) < 4.78 is 29.8. The second-order valence-corrected chi connectivity index (χ2v) is 7.78. The minimum atomic E-state index is -3.45. The molecule has 0 aliphatic carbocycles. The van der Waals surface area contributed by atoms with Crippen molar-refractivity contribution in [2.75, 3.05) is 27.2 Å². The third-order valence-corrected chi connectivity index (χ3v) is 5.62. The third kappa shape index (κ3) is 3.85. The van der Waals surface area contributed by atoms with Crippen molar-refractivity contribution < 1.29 is 8.42 Å². The van der Waals surface area contributed by atoms with Gasteiger partial charge >= 0.3 is 0 Å². The Kier molecular flexibility index (Phi) is 5.08. The molecule has 2 N–H and O–H groups in total. The van der Waals surface area contributed by atoms with Crippen LogP contribution in [0.3, 0.4) is 0 Å². The number of aryl methyl sites for hydroxylation is 1. The average Bonchev–Trinajstić information content (AvgIpc) is 2.76. The van der Waals surface area contributed by atoms with Crippen molar-refractivity contribution in [2.45, 2.75) is 30.8 Å². The van der Waals surface area contributed by atoms with Crippen LogP contribution in [-0.4, -0.2) is 51.1 Å². The largest absolute Gasteiger partial charge is 0.352 e. The van der Waals surface area contributed by atoms with Crippen molar-refractivity contribution in [3.63, 3.8) is 0 Å². The van der Waals surface area contributed by atoms with E-state index in [2.05, 4.69) is 28.9 Å². The van der Waals surface area contributed by atoms with Gasteiger partial charge < -0.3 is 14.8 Å². The fraction of sp³-hybridized carbons (Fsp3) is 0.714. The molecule has 0 amide bonds. The molecule has 21 heavy (non-hydrogen) atoms. The maximum atomic E-state index is 12.5. The van der Waals surface area contributed by atoms with Crippen LogP contribution in [0.4, 0.5) is 0 Å². The van der Waals surface area contributed by atoms with E-state index in [-0.39, 0.29) is 6.04 Å². The number of hydrogen-bond acceptors (Lipinski definition) is 4. The fourth-order valence-corrected chi connectivity index (χ4v) is 4.35. The molecule has 2 heterocycles. The van der Waals surface area contributed by atoms with Gasteiger partial charge in [0.2, 0.25) is 10.0 Å². The summed E-state index contributed by atoms with van der Waals surface area (Å²) in [6, 6.07) is 1.75. The van der Waals surface area contributed by atoms with Crippen molar-refractivity contribution in [2.24, 2.45) is 13.0 Å². The lowest BCUT2D eigenvalue weighted by Crippen LogP contribution is -2.48. The van der Waals surface area contributed by atoms with Gasteiger partial charge in [-0.25, -0.2) is 13.1 Å². The van der Waals surface area contributed by atoms with Crippen LogP contribution >= 0.6 is 0 Å². The van der Waals surface area contributed by atoms with E-state index < -0.39 is 10.0 Å². The highest BCUT2D eigenvalue weighted by Crippen LogP contribution is 2.19. The Labute approximate surface area is 127 Å². The zero-order valence-electron chi connectivity index (χ0n) is 13.3. The molecule has 1 aromatic rings. The van der Waals surface area contributed by atoms with Crippen molar-refractivity contribution in [1.29, 1.82) is 0 Å². The summed E-state index contributed by atoms with van der Waals surface area (Å²) in [5.41, 5.74) is 0.953. The number of nitrogens with zero attached hydrogens (tertiary/aromatic N) is 2. The number of hydrogen-bond donors (Lipinski definition) is 2. The quantitative estimate of drug-likeness (QED) is 0.824. The zero-order valence-corrected chi connectivity index (χ0v) is 14.1. The highest BCUT2D eigenvalue weighted by Gasteiger charge is 2.29. The molecule has 2 unspecified atom stereocenters. The molecule has 0 radical (unpaired) electrons. The molecule has 1 aliphatic heterocycles. The number of likely N-dealkylation sites (tertiary alicyclic amines) is 1. The molecule has 0 spiro atoms. The molecule has 0 saturated carbocycles. The molecule has 1 saturated heterocycles. The van der Waals surface area contributed by atoms with Crippen LogP contribution in [0, 0.1) is 5.92 Å². The van der Waals surface area contributed by atoms with Gasteiger partial charge in [-0.1, -0.05) is 6.92 Å². The van der Waals surface area contributed by atoms with Crippen LogP contribution in [0.2, 0.25) is 0 Å². The minimum absolute atomic E-state index is 0.0131. The first-order chi connectivity index (χ1) is 9.83.